The van der Waals surface area contributed by atoms with Crippen molar-refractivity contribution in [2.24, 2.45) is 5.73 Å². The smallest absolute Gasteiger partial charge is 0.318 e. The van der Waals surface area contributed by atoms with Crippen LogP contribution in [0.15, 0.2) is 54.6 Å². The number of ether oxygens (including phenoxy) is 1. The van der Waals surface area contributed by atoms with E-state index < -0.39 is 23.8 Å². The molecule has 1 saturated heterocycles. The number of amides is 2. The van der Waals surface area contributed by atoms with Crippen LogP contribution in [0.3, 0.4) is 0 Å². The van der Waals surface area contributed by atoms with Gasteiger partial charge in [0.15, 0.2) is 0 Å². The van der Waals surface area contributed by atoms with Crippen molar-refractivity contribution in [3.8, 4) is 5.75 Å². The van der Waals surface area contributed by atoms with E-state index in [-0.39, 0.29) is 18.6 Å². The molecule has 2 amide bonds. The summed E-state index contributed by atoms with van der Waals surface area (Å²) in [5, 5.41) is 13.2. The van der Waals surface area contributed by atoms with Crippen molar-refractivity contribution in [3.63, 3.8) is 0 Å². The number of fused-ring (bicyclic) bond motifs is 3. The van der Waals surface area contributed by atoms with Gasteiger partial charge in [0.25, 0.3) is 0 Å². The van der Waals surface area contributed by atoms with Crippen molar-refractivity contribution < 1.29 is 23.4 Å². The molecule has 1 fully saturated rings. The summed E-state index contributed by atoms with van der Waals surface area (Å²) in [5.41, 5.74) is 9.78. The van der Waals surface area contributed by atoms with Crippen molar-refractivity contribution >= 4 is 34.7 Å². The number of β-amino-alcohol motifs (C(OH)–C–C–N with tert-alkyl or cyclic N) is 1. The zero-order valence-corrected chi connectivity index (χ0v) is 20.5. The van der Waals surface area contributed by atoms with E-state index in [9.17, 15) is 18.7 Å². The van der Waals surface area contributed by atoms with Crippen molar-refractivity contribution in [1.29, 1.82) is 0 Å². The lowest BCUT2D eigenvalue weighted by molar-refractivity contribution is 0.148. The number of urea groups is 1. The number of likely N-dealkylation sites (tertiary alicyclic amines) is 1. The second-order valence-corrected chi connectivity index (χ2v) is 9.65. The van der Waals surface area contributed by atoms with Gasteiger partial charge in [-0.15, -0.1) is 0 Å². The molecule has 4 N–H and O–H groups in total. The van der Waals surface area contributed by atoms with Gasteiger partial charge in [0.2, 0.25) is 5.95 Å². The molecule has 1 aromatic heterocycles. The number of primary amides is 1. The Labute approximate surface area is 216 Å². The SMILES string of the molecule is CN1C[C@H](O)[C@@H](n2c(NC(N)=O)nc3cc(C=C4c5ccc(F)cc5OCc5c(F)cccc54)ccc32)C1. The Kier molecular flexibility index (Phi) is 5.85. The van der Waals surface area contributed by atoms with Crippen LogP contribution in [0, 0.1) is 11.6 Å². The number of hydrogen-bond donors (Lipinski definition) is 3. The number of benzene rings is 3. The standard InChI is InChI=1S/C28H25F2N5O3/c1-34-12-24(25(36)13-34)35-23-8-5-15(10-22(23)32-28(35)33-27(31)37)9-19-17-3-2-4-21(30)20(17)14-38-26-11-16(29)6-7-18(19)26/h2-11,24-25,36H,12-14H2,1H3,(H3,31,32,33,37)/t24-,25-/m0/s1. The van der Waals surface area contributed by atoms with E-state index in [1.807, 2.05) is 42.3 Å². The molecular weight excluding hydrogens is 492 g/mol. The second kappa shape index (κ2) is 9.23. The number of nitrogens with two attached hydrogens (primary N) is 1. The highest BCUT2D eigenvalue weighted by Gasteiger charge is 2.33. The quantitative estimate of drug-likeness (QED) is 0.379. The lowest BCUT2D eigenvalue weighted by Gasteiger charge is -2.19. The molecule has 4 aromatic rings. The third-order valence-corrected chi connectivity index (χ3v) is 7.05. The van der Waals surface area contributed by atoms with Crippen molar-refractivity contribution in [2.75, 3.05) is 25.5 Å². The van der Waals surface area contributed by atoms with Crippen molar-refractivity contribution in [1.82, 2.24) is 14.5 Å². The highest BCUT2D eigenvalue weighted by molar-refractivity contribution is 5.96. The first-order valence-corrected chi connectivity index (χ1v) is 12.2. The maximum Gasteiger partial charge on any atom is 0.318 e. The van der Waals surface area contributed by atoms with Crippen LogP contribution < -0.4 is 15.8 Å². The largest absolute Gasteiger partial charge is 0.488 e. The Hall–Kier alpha value is -4.28. The van der Waals surface area contributed by atoms with Crippen LogP contribution in [0.2, 0.25) is 0 Å². The van der Waals surface area contributed by atoms with Crippen molar-refractivity contribution in [3.05, 3.63) is 88.5 Å². The molecule has 2 aliphatic rings. The Morgan fingerprint density at radius 2 is 2.00 bits per heavy atom. The third-order valence-electron chi connectivity index (χ3n) is 7.05. The van der Waals surface area contributed by atoms with Gasteiger partial charge in [-0.3, -0.25) is 5.32 Å². The molecule has 3 heterocycles. The van der Waals surface area contributed by atoms with Gasteiger partial charge in [0.05, 0.1) is 23.2 Å². The first-order valence-electron chi connectivity index (χ1n) is 12.2. The van der Waals surface area contributed by atoms with Gasteiger partial charge in [-0.05, 0) is 60.2 Å². The monoisotopic (exact) mass is 517 g/mol. The van der Waals surface area contributed by atoms with E-state index in [1.54, 1.807) is 16.7 Å². The van der Waals surface area contributed by atoms with Gasteiger partial charge < -0.3 is 25.0 Å². The van der Waals surface area contributed by atoms with Crippen LogP contribution in [0.1, 0.15) is 28.3 Å². The molecular formula is C28H25F2N5O3. The van der Waals surface area contributed by atoms with Crippen molar-refractivity contribution in [2.45, 2.75) is 18.8 Å². The summed E-state index contributed by atoms with van der Waals surface area (Å²) >= 11 is 0. The number of halogens is 2. The number of aromatic nitrogens is 2. The Morgan fingerprint density at radius 3 is 2.76 bits per heavy atom. The van der Waals surface area contributed by atoms with Gasteiger partial charge in [0, 0.05) is 30.3 Å². The molecule has 3 aromatic carbocycles. The number of nitrogens with one attached hydrogen (secondary N) is 1. The Morgan fingerprint density at radius 1 is 1.16 bits per heavy atom. The molecule has 0 bridgehead atoms. The number of rotatable bonds is 3. The van der Waals surface area contributed by atoms with Crippen LogP contribution in [0.5, 0.6) is 5.75 Å². The number of carbonyl (C=O) groups is 1. The number of hydrogen-bond acceptors (Lipinski definition) is 5. The molecule has 8 nitrogen and oxygen atoms in total. The van der Waals surface area contributed by atoms with E-state index in [1.165, 1.54) is 18.2 Å². The number of aliphatic hydroxyl groups excluding tert-OH is 1. The average molecular weight is 518 g/mol. The number of carbonyl (C=O) groups excluding carboxylic acids is 1. The molecule has 10 heteroatoms. The van der Waals surface area contributed by atoms with Gasteiger partial charge in [0.1, 0.15) is 24.0 Å². The van der Waals surface area contributed by atoms with E-state index in [2.05, 4.69) is 10.3 Å². The maximum atomic E-state index is 14.8. The third kappa shape index (κ3) is 4.17. The van der Waals surface area contributed by atoms with Gasteiger partial charge >= 0.3 is 6.03 Å². The minimum absolute atomic E-state index is 0.0282. The molecule has 2 atom stereocenters. The lowest BCUT2D eigenvalue weighted by Crippen LogP contribution is -2.27. The molecule has 0 saturated carbocycles. The van der Waals surface area contributed by atoms with Crippen LogP contribution in [-0.4, -0.2) is 51.8 Å². The fraction of sp³-hybridized carbons (Fsp3) is 0.214. The summed E-state index contributed by atoms with van der Waals surface area (Å²) in [6.07, 6.45) is 1.23. The molecule has 0 unspecified atom stereocenters. The Balaban J connectivity index is 1.51. The predicted molar refractivity (Wildman–Crippen MR) is 140 cm³/mol. The summed E-state index contributed by atoms with van der Waals surface area (Å²) in [6.45, 7) is 1.03. The molecule has 2 aliphatic heterocycles. The zero-order valence-electron chi connectivity index (χ0n) is 20.5. The molecule has 6 rings (SSSR count). The summed E-state index contributed by atoms with van der Waals surface area (Å²) < 4.78 is 36.4. The minimum Gasteiger partial charge on any atom is -0.488 e. The fourth-order valence-electron chi connectivity index (χ4n) is 5.36. The topological polar surface area (TPSA) is 106 Å². The number of imidazole rings is 1. The first-order chi connectivity index (χ1) is 18.3. The molecule has 38 heavy (non-hydrogen) atoms. The van der Waals surface area contributed by atoms with E-state index >= 15 is 0 Å². The van der Waals surface area contributed by atoms with Gasteiger partial charge in [-0.25, -0.2) is 18.6 Å². The van der Waals surface area contributed by atoms with E-state index in [4.69, 9.17) is 10.5 Å². The molecule has 0 radical (unpaired) electrons. The fourth-order valence-corrected chi connectivity index (χ4v) is 5.36. The van der Waals surface area contributed by atoms with E-state index in [0.717, 1.165) is 5.56 Å². The first kappa shape index (κ1) is 24.1. The van der Waals surface area contributed by atoms with Crippen LogP contribution in [0.25, 0.3) is 22.7 Å². The highest BCUT2D eigenvalue weighted by Crippen LogP contribution is 2.39. The zero-order chi connectivity index (χ0) is 26.6. The predicted octanol–water partition coefficient (Wildman–Crippen LogP) is 4.13. The Bertz CT molecular complexity index is 1620. The maximum absolute atomic E-state index is 14.8. The number of nitrogens with zero attached hydrogens (tertiary/aromatic N) is 3. The second-order valence-electron chi connectivity index (χ2n) is 9.65. The van der Waals surface area contributed by atoms with Gasteiger partial charge in [-0.2, -0.15) is 0 Å². The molecule has 194 valence electrons. The minimum atomic E-state index is -0.759. The van der Waals surface area contributed by atoms with Crippen LogP contribution >= 0.6 is 0 Å². The number of aliphatic hydroxyl groups is 1. The normalized spacial score (nSPS) is 20.2. The van der Waals surface area contributed by atoms with E-state index in [0.29, 0.717) is 52.1 Å². The summed E-state index contributed by atoms with van der Waals surface area (Å²) in [6, 6.07) is 13.6. The molecule has 0 spiro atoms. The summed E-state index contributed by atoms with van der Waals surface area (Å²) in [7, 11) is 1.91. The molecule has 0 aliphatic carbocycles. The van der Waals surface area contributed by atoms with Gasteiger partial charge in [-0.1, -0.05) is 18.2 Å². The average Bonchev–Trinajstić information content (AvgIpc) is 3.33. The summed E-state index contributed by atoms with van der Waals surface area (Å²) in [4.78, 5) is 18.3. The summed E-state index contributed by atoms with van der Waals surface area (Å²) in [5.74, 6) is -0.286. The lowest BCUT2D eigenvalue weighted by atomic mass is 9.92. The van der Waals surface area contributed by atoms with Crippen LogP contribution in [0.4, 0.5) is 19.5 Å². The highest BCUT2D eigenvalue weighted by atomic mass is 19.1. The number of likely N-dealkylation sites (N-methyl/N-ethyl adjacent to an activating group) is 1. The van der Waals surface area contributed by atoms with Crippen LogP contribution in [-0.2, 0) is 6.61 Å². The number of anilines is 1.